The van der Waals surface area contributed by atoms with Crippen molar-refractivity contribution in [3.63, 3.8) is 0 Å². The van der Waals surface area contributed by atoms with E-state index in [9.17, 15) is 30.3 Å². The highest BCUT2D eigenvalue weighted by atomic mass is 16.7. The molecule has 9 nitrogen and oxygen atoms in total. The van der Waals surface area contributed by atoms with Crippen LogP contribution in [0.1, 0.15) is 399 Å². The van der Waals surface area contributed by atoms with Crippen LogP contribution in [0.25, 0.3) is 0 Å². The van der Waals surface area contributed by atoms with Crippen molar-refractivity contribution in [3.05, 3.63) is 48.6 Å². The number of hydrogen-bond donors (Lipinski definition) is 6. The quantitative estimate of drug-likeness (QED) is 0.0261. The topological polar surface area (TPSA) is 149 Å². The van der Waals surface area contributed by atoms with E-state index in [4.69, 9.17) is 9.47 Å². The van der Waals surface area contributed by atoms with Gasteiger partial charge < -0.3 is 40.3 Å². The summed E-state index contributed by atoms with van der Waals surface area (Å²) >= 11 is 0. The van der Waals surface area contributed by atoms with Gasteiger partial charge in [0.2, 0.25) is 5.91 Å². The van der Waals surface area contributed by atoms with Gasteiger partial charge in [-0.2, -0.15) is 0 Å². The van der Waals surface area contributed by atoms with Gasteiger partial charge in [0.05, 0.1) is 25.4 Å². The normalized spacial score (nSPS) is 18.0. The Labute approximate surface area is 552 Å². The molecule has 0 radical (unpaired) electrons. The molecule has 9 heteroatoms. The molecule has 7 atom stereocenters. The van der Waals surface area contributed by atoms with Crippen molar-refractivity contribution in [2.45, 2.75) is 442 Å². The summed E-state index contributed by atoms with van der Waals surface area (Å²) in [4.78, 5) is 13.2. The standard InChI is InChI=1S/C80H151NO8/c1-3-5-7-9-11-13-15-17-19-21-23-25-27-29-31-33-35-36-37-38-40-42-44-46-48-50-52-54-56-58-60-62-64-66-68-70-76(84)81-73(72-88-80-79(87)78(86)77(85)75(71-82)89-80)74(83)69-67-65-63-61-59-57-55-53-51-49-47-45-43-41-39-34-32-30-28-26-24-22-20-18-16-14-12-10-8-6-4-2/h15,17,21,23,27,29,67,69,73-75,77-80,82-83,85-87H,3-14,16,18-20,22,24-26,28,30-66,68,70-72H2,1-2H3,(H,81,84)/b17-15-,23-21-,29-27-,69-67+. The summed E-state index contributed by atoms with van der Waals surface area (Å²) in [5, 5.41) is 54.9. The summed E-state index contributed by atoms with van der Waals surface area (Å²) in [5.74, 6) is -0.169. The molecular formula is C80H151NO8. The molecule has 1 saturated heterocycles. The molecule has 6 N–H and O–H groups in total. The molecule has 0 bridgehead atoms. The number of unbranched alkanes of at least 4 members (excludes halogenated alkanes) is 54. The van der Waals surface area contributed by atoms with Gasteiger partial charge in [0, 0.05) is 6.42 Å². The van der Waals surface area contributed by atoms with Crippen LogP contribution in [0.15, 0.2) is 48.6 Å². The van der Waals surface area contributed by atoms with E-state index in [1.165, 1.54) is 327 Å². The molecule has 1 amide bonds. The van der Waals surface area contributed by atoms with Crippen LogP contribution in [0.5, 0.6) is 0 Å². The number of carbonyl (C=O) groups excluding carboxylic acids is 1. The number of carbonyl (C=O) groups is 1. The number of aliphatic hydroxyl groups excluding tert-OH is 5. The molecule has 1 aliphatic rings. The zero-order valence-electron chi connectivity index (χ0n) is 59.0. The second-order valence-electron chi connectivity index (χ2n) is 27.5. The molecule has 89 heavy (non-hydrogen) atoms. The lowest BCUT2D eigenvalue weighted by Crippen LogP contribution is -2.60. The maximum atomic E-state index is 13.2. The minimum absolute atomic E-state index is 0.169. The monoisotopic (exact) mass is 1250 g/mol. The summed E-state index contributed by atoms with van der Waals surface area (Å²) in [6.07, 6.45) is 88.2. The average molecular weight is 1260 g/mol. The highest BCUT2D eigenvalue weighted by Gasteiger charge is 2.44. The Bertz CT molecular complexity index is 1550. The summed E-state index contributed by atoms with van der Waals surface area (Å²) < 4.78 is 11.3. The largest absolute Gasteiger partial charge is 0.394 e. The molecule has 1 heterocycles. The average Bonchev–Trinajstić information content (AvgIpc) is 2.28. The maximum absolute atomic E-state index is 13.2. The third kappa shape index (κ3) is 57.3. The zero-order chi connectivity index (χ0) is 64.2. The van der Waals surface area contributed by atoms with E-state index in [1.807, 2.05) is 6.08 Å². The molecule has 0 aliphatic carbocycles. The van der Waals surface area contributed by atoms with Crippen LogP contribution < -0.4 is 5.32 Å². The SMILES string of the molecule is CCCCCCC/C=C\C/C=C\C/C=C\CCCCCCCCCCCCCCCCCCCCCCC(=O)NC(COC1OC(CO)C(O)C(O)C1O)C(O)/C=C/CCCCCCCCCCCCCCCCCCCCCCCCCCCCCCC. The lowest BCUT2D eigenvalue weighted by molar-refractivity contribution is -0.302. The zero-order valence-corrected chi connectivity index (χ0v) is 59.0. The number of allylic oxidation sites excluding steroid dienone is 7. The van der Waals surface area contributed by atoms with Crippen molar-refractivity contribution in [3.8, 4) is 0 Å². The molecule has 0 aromatic heterocycles. The van der Waals surface area contributed by atoms with E-state index < -0.39 is 49.5 Å². The third-order valence-corrected chi connectivity index (χ3v) is 18.9. The van der Waals surface area contributed by atoms with Crippen LogP contribution in [0, 0.1) is 0 Å². The van der Waals surface area contributed by atoms with Gasteiger partial charge in [-0.05, 0) is 57.8 Å². The van der Waals surface area contributed by atoms with Crippen molar-refractivity contribution < 1.29 is 39.8 Å². The molecule has 0 spiro atoms. The fourth-order valence-electron chi connectivity index (χ4n) is 12.8. The van der Waals surface area contributed by atoms with Gasteiger partial charge in [0.1, 0.15) is 24.4 Å². The van der Waals surface area contributed by atoms with E-state index >= 15 is 0 Å². The van der Waals surface area contributed by atoms with Crippen molar-refractivity contribution in [2.24, 2.45) is 0 Å². The van der Waals surface area contributed by atoms with Gasteiger partial charge in [-0.25, -0.2) is 0 Å². The summed E-state index contributed by atoms with van der Waals surface area (Å²) in [6.45, 7) is 3.83. The third-order valence-electron chi connectivity index (χ3n) is 18.9. The Hall–Kier alpha value is -1.85. The lowest BCUT2D eigenvalue weighted by Gasteiger charge is -2.40. The number of nitrogens with one attached hydrogen (secondary N) is 1. The molecule has 0 aromatic rings. The van der Waals surface area contributed by atoms with Crippen LogP contribution in [-0.2, 0) is 14.3 Å². The molecule has 524 valence electrons. The van der Waals surface area contributed by atoms with Gasteiger partial charge in [-0.1, -0.05) is 383 Å². The smallest absolute Gasteiger partial charge is 0.220 e. The van der Waals surface area contributed by atoms with Crippen molar-refractivity contribution >= 4 is 5.91 Å². The molecule has 1 aliphatic heterocycles. The van der Waals surface area contributed by atoms with Gasteiger partial charge in [0.25, 0.3) is 0 Å². The Kier molecular flexibility index (Phi) is 66.0. The van der Waals surface area contributed by atoms with Gasteiger partial charge in [0.15, 0.2) is 6.29 Å². The Morgan fingerprint density at radius 1 is 0.382 bits per heavy atom. The fourth-order valence-corrected chi connectivity index (χ4v) is 12.8. The molecular weight excluding hydrogens is 1100 g/mol. The molecule has 0 saturated carbocycles. The molecule has 1 fully saturated rings. The first-order valence-electron chi connectivity index (χ1n) is 39.4. The minimum Gasteiger partial charge on any atom is -0.394 e. The number of amides is 1. The highest BCUT2D eigenvalue weighted by Crippen LogP contribution is 2.24. The maximum Gasteiger partial charge on any atom is 0.220 e. The Balaban J connectivity index is 2.08. The van der Waals surface area contributed by atoms with Crippen LogP contribution in [-0.4, -0.2) is 87.5 Å². The van der Waals surface area contributed by atoms with E-state index in [2.05, 4.69) is 55.6 Å². The molecule has 0 aromatic carbocycles. The van der Waals surface area contributed by atoms with Crippen LogP contribution in [0.3, 0.4) is 0 Å². The van der Waals surface area contributed by atoms with Crippen LogP contribution in [0.2, 0.25) is 0 Å². The van der Waals surface area contributed by atoms with E-state index in [1.54, 1.807) is 6.08 Å². The van der Waals surface area contributed by atoms with Gasteiger partial charge in [-0.3, -0.25) is 4.79 Å². The first-order valence-corrected chi connectivity index (χ1v) is 39.4. The number of rotatable bonds is 70. The van der Waals surface area contributed by atoms with E-state index in [-0.39, 0.29) is 12.5 Å². The molecule has 1 rings (SSSR count). The van der Waals surface area contributed by atoms with Crippen molar-refractivity contribution in [1.82, 2.24) is 5.32 Å². The van der Waals surface area contributed by atoms with Gasteiger partial charge >= 0.3 is 0 Å². The molecule has 7 unspecified atom stereocenters. The predicted octanol–water partition coefficient (Wildman–Crippen LogP) is 22.3. The first-order chi connectivity index (χ1) is 43.8. The first kappa shape index (κ1) is 85.2. The van der Waals surface area contributed by atoms with Crippen LogP contribution >= 0.6 is 0 Å². The van der Waals surface area contributed by atoms with Crippen molar-refractivity contribution in [2.75, 3.05) is 13.2 Å². The number of hydrogen-bond acceptors (Lipinski definition) is 8. The number of aliphatic hydroxyl groups is 5. The summed E-state index contributed by atoms with van der Waals surface area (Å²) in [5.41, 5.74) is 0. The second-order valence-corrected chi connectivity index (χ2v) is 27.5. The summed E-state index contributed by atoms with van der Waals surface area (Å²) in [6, 6.07) is -0.807. The lowest BCUT2D eigenvalue weighted by atomic mass is 9.99. The van der Waals surface area contributed by atoms with E-state index in [0.717, 1.165) is 51.4 Å². The Morgan fingerprint density at radius 3 is 0.978 bits per heavy atom. The second kappa shape index (κ2) is 69.0. The van der Waals surface area contributed by atoms with Gasteiger partial charge in [-0.15, -0.1) is 0 Å². The fraction of sp³-hybridized carbons (Fsp3) is 0.887. The van der Waals surface area contributed by atoms with E-state index in [0.29, 0.717) is 6.42 Å². The number of ether oxygens (including phenoxy) is 2. The highest BCUT2D eigenvalue weighted by molar-refractivity contribution is 5.76. The van der Waals surface area contributed by atoms with Crippen molar-refractivity contribution in [1.29, 1.82) is 0 Å². The Morgan fingerprint density at radius 2 is 0.663 bits per heavy atom. The predicted molar refractivity (Wildman–Crippen MR) is 383 cm³/mol. The minimum atomic E-state index is -1.57. The van der Waals surface area contributed by atoms with Crippen LogP contribution in [0.4, 0.5) is 0 Å². The summed E-state index contributed by atoms with van der Waals surface area (Å²) in [7, 11) is 0.